The Kier molecular flexibility index (Phi) is 9.84. The number of hydrogen-bond acceptors (Lipinski definition) is 6. The fraction of sp³-hybridized carbons (Fsp3) is 0.400. The summed E-state index contributed by atoms with van der Waals surface area (Å²) >= 11 is 0. The van der Waals surface area contributed by atoms with Crippen molar-refractivity contribution < 1.29 is 40.7 Å². The molecule has 0 unspecified atom stereocenters. The Morgan fingerprint density at radius 1 is 1.02 bits per heavy atom. The van der Waals surface area contributed by atoms with Gasteiger partial charge in [-0.2, -0.15) is 31.4 Å². The number of benzene rings is 1. The van der Waals surface area contributed by atoms with E-state index >= 15 is 0 Å². The third kappa shape index (κ3) is 8.76. The van der Waals surface area contributed by atoms with Gasteiger partial charge in [-0.05, 0) is 50.1 Å². The molecule has 40 heavy (non-hydrogen) atoms. The van der Waals surface area contributed by atoms with Crippen LogP contribution < -0.4 is 15.6 Å². The van der Waals surface area contributed by atoms with Crippen LogP contribution in [0.4, 0.5) is 32.2 Å². The van der Waals surface area contributed by atoms with E-state index in [1.807, 2.05) is 0 Å². The van der Waals surface area contributed by atoms with Crippen LogP contribution >= 0.6 is 0 Å². The molecular formula is C25H26F6N6O3. The molecule has 1 aliphatic rings. The van der Waals surface area contributed by atoms with E-state index in [9.17, 15) is 35.9 Å². The predicted octanol–water partition coefficient (Wildman–Crippen LogP) is 4.30. The Hall–Kier alpha value is -4.01. The topological polar surface area (TPSA) is 108 Å². The van der Waals surface area contributed by atoms with Gasteiger partial charge in [0.15, 0.2) is 0 Å². The van der Waals surface area contributed by atoms with Crippen LogP contribution in [-0.4, -0.2) is 61.7 Å². The van der Waals surface area contributed by atoms with E-state index in [0.717, 1.165) is 19.2 Å². The fourth-order valence-corrected chi connectivity index (χ4v) is 3.57. The summed E-state index contributed by atoms with van der Waals surface area (Å²) in [5, 5.41) is 10.6. The Labute approximate surface area is 225 Å². The molecule has 1 atom stereocenters. The molecule has 1 aromatic heterocycles. The largest absolute Gasteiger partial charge is 0.416 e. The molecule has 3 rings (SSSR count). The highest BCUT2D eigenvalue weighted by Gasteiger charge is 2.37. The molecule has 1 fully saturated rings. The van der Waals surface area contributed by atoms with Gasteiger partial charge < -0.3 is 15.4 Å². The highest BCUT2D eigenvalue weighted by molar-refractivity contribution is 5.96. The second kappa shape index (κ2) is 12.9. The van der Waals surface area contributed by atoms with Gasteiger partial charge in [-0.25, -0.2) is 15.0 Å². The fourth-order valence-electron chi connectivity index (χ4n) is 3.57. The summed E-state index contributed by atoms with van der Waals surface area (Å²) in [5.41, 5.74) is -3.61. The molecule has 1 saturated heterocycles. The molecule has 15 heteroatoms. The van der Waals surface area contributed by atoms with Gasteiger partial charge in [-0.3, -0.25) is 9.59 Å². The van der Waals surface area contributed by atoms with Crippen molar-refractivity contribution in [2.45, 2.75) is 44.2 Å². The number of amides is 2. The quantitative estimate of drug-likeness (QED) is 0.212. The monoisotopic (exact) mass is 572 g/mol. The normalized spacial score (nSPS) is 15.8. The van der Waals surface area contributed by atoms with Crippen molar-refractivity contribution in [2.24, 2.45) is 10.1 Å². The van der Waals surface area contributed by atoms with E-state index in [1.54, 1.807) is 19.2 Å². The zero-order valence-electron chi connectivity index (χ0n) is 21.4. The van der Waals surface area contributed by atoms with Gasteiger partial charge in [0.25, 0.3) is 11.8 Å². The number of aromatic nitrogens is 1. The maximum atomic E-state index is 13.0. The summed E-state index contributed by atoms with van der Waals surface area (Å²) in [4.78, 5) is 32.8. The van der Waals surface area contributed by atoms with Crippen LogP contribution in [0, 0.1) is 0 Å². The third-order valence-electron chi connectivity index (χ3n) is 5.71. The summed E-state index contributed by atoms with van der Waals surface area (Å²) in [6.07, 6.45) is -4.98. The molecule has 0 aliphatic carbocycles. The summed E-state index contributed by atoms with van der Waals surface area (Å²) in [6, 6.07) is 2.98. The molecule has 2 amide bonds. The summed E-state index contributed by atoms with van der Waals surface area (Å²) in [5.74, 6) is -1.01. The number of halogens is 6. The molecule has 0 bridgehead atoms. The minimum Gasteiger partial charge on any atom is -0.381 e. The van der Waals surface area contributed by atoms with E-state index in [4.69, 9.17) is 4.74 Å². The molecule has 0 spiro atoms. The molecular weight excluding hydrogens is 546 g/mol. The number of carbonyl (C=O) groups is 2. The first-order chi connectivity index (χ1) is 18.7. The number of ether oxygens (including phenoxy) is 1. The third-order valence-corrected chi connectivity index (χ3v) is 5.71. The zero-order chi connectivity index (χ0) is 29.5. The number of nitrogens with zero attached hydrogens (tertiary/aromatic N) is 4. The van der Waals surface area contributed by atoms with Crippen molar-refractivity contribution in [3.8, 4) is 0 Å². The Balaban J connectivity index is 1.56. The van der Waals surface area contributed by atoms with Gasteiger partial charge in [0, 0.05) is 44.3 Å². The minimum absolute atomic E-state index is 0.0423. The van der Waals surface area contributed by atoms with Gasteiger partial charge in [0.1, 0.15) is 12.2 Å². The second-order valence-corrected chi connectivity index (χ2v) is 8.87. The van der Waals surface area contributed by atoms with Gasteiger partial charge in [0.05, 0.1) is 22.7 Å². The summed E-state index contributed by atoms with van der Waals surface area (Å²) < 4.78 is 83.5. The molecule has 2 N–H and O–H groups in total. The van der Waals surface area contributed by atoms with E-state index in [-0.39, 0.29) is 18.0 Å². The first-order valence-corrected chi connectivity index (χ1v) is 12.0. The van der Waals surface area contributed by atoms with Crippen LogP contribution in [0.1, 0.15) is 51.6 Å². The summed E-state index contributed by atoms with van der Waals surface area (Å²) in [7, 11) is 1.56. The lowest BCUT2D eigenvalue weighted by Gasteiger charge is -2.23. The van der Waals surface area contributed by atoms with Gasteiger partial charge >= 0.3 is 12.4 Å². The Morgan fingerprint density at radius 2 is 1.65 bits per heavy atom. The Bertz CT molecular complexity index is 1210. The van der Waals surface area contributed by atoms with Gasteiger partial charge in [-0.1, -0.05) is 0 Å². The molecule has 2 heterocycles. The first-order valence-electron chi connectivity index (χ1n) is 12.0. The number of alkyl halides is 6. The van der Waals surface area contributed by atoms with Crippen molar-refractivity contribution in [3.63, 3.8) is 0 Å². The van der Waals surface area contributed by atoms with Crippen LogP contribution in [0.3, 0.4) is 0 Å². The number of nitrogens with one attached hydrogen (secondary N) is 2. The van der Waals surface area contributed by atoms with E-state index in [1.165, 1.54) is 24.3 Å². The summed E-state index contributed by atoms with van der Waals surface area (Å²) in [6.45, 7) is 2.61. The lowest BCUT2D eigenvalue weighted by Crippen LogP contribution is -2.38. The van der Waals surface area contributed by atoms with Crippen LogP contribution in [0.2, 0.25) is 0 Å². The molecule has 9 nitrogen and oxygen atoms in total. The number of anilines is 1. The minimum atomic E-state index is -5.07. The van der Waals surface area contributed by atoms with Crippen LogP contribution in [0.5, 0.6) is 0 Å². The number of hydrogen-bond donors (Lipinski definition) is 2. The van der Waals surface area contributed by atoms with Crippen LogP contribution in [0.15, 0.2) is 46.6 Å². The zero-order valence-corrected chi connectivity index (χ0v) is 21.4. The first kappa shape index (κ1) is 30.5. The van der Waals surface area contributed by atoms with Crippen LogP contribution in [0.25, 0.3) is 0 Å². The van der Waals surface area contributed by atoms with E-state index in [2.05, 4.69) is 25.7 Å². The number of rotatable bonds is 8. The number of aliphatic imine (C=N–C) groups is 1. The molecule has 2 aromatic rings. The van der Waals surface area contributed by atoms with Gasteiger partial charge in [-0.15, -0.1) is 0 Å². The van der Waals surface area contributed by atoms with Crippen molar-refractivity contribution in [3.05, 3.63) is 58.8 Å². The average Bonchev–Trinajstić information content (AvgIpc) is 2.90. The van der Waals surface area contributed by atoms with E-state index in [0.29, 0.717) is 36.7 Å². The smallest absolute Gasteiger partial charge is 0.381 e. The predicted molar refractivity (Wildman–Crippen MR) is 134 cm³/mol. The van der Waals surface area contributed by atoms with Crippen molar-refractivity contribution in [1.29, 1.82) is 0 Å². The van der Waals surface area contributed by atoms with Gasteiger partial charge in [0.2, 0.25) is 0 Å². The lowest BCUT2D eigenvalue weighted by molar-refractivity contribution is -0.143. The standard InChI is InChI=1S/C25H26F6N6O3/c1-15(35-23(39)17-9-18(24(26,27)28)11-19(10-17)25(29,30)31)12-32-14-34-37(2)21-4-3-16(13-33-21)22(38)36-20-5-7-40-8-6-20/h3-4,9-15,20H,5-8H2,1-2H3,(H,35,39)(H,36,38)/b32-12?,34-14-/t15-/m0/s1. The molecule has 216 valence electrons. The Morgan fingerprint density at radius 3 is 2.20 bits per heavy atom. The van der Waals surface area contributed by atoms with E-state index < -0.39 is 41.0 Å². The number of carbonyl (C=O) groups excluding carboxylic acids is 2. The molecule has 1 aliphatic heterocycles. The average molecular weight is 573 g/mol. The maximum Gasteiger partial charge on any atom is 0.416 e. The molecule has 1 aromatic carbocycles. The second-order valence-electron chi connectivity index (χ2n) is 8.87. The number of hydrazone groups is 1. The van der Waals surface area contributed by atoms with Crippen LogP contribution in [-0.2, 0) is 17.1 Å². The SMILES string of the molecule is C[C@@H](C=N/C=N\N(C)c1ccc(C(=O)NC2CCOCC2)cn1)NC(=O)c1cc(C(F)(F)F)cc(C(F)(F)F)c1. The van der Waals surface area contributed by atoms with Crippen molar-refractivity contribution in [1.82, 2.24) is 15.6 Å². The van der Waals surface area contributed by atoms with Crippen molar-refractivity contribution in [2.75, 3.05) is 25.3 Å². The highest BCUT2D eigenvalue weighted by atomic mass is 19.4. The number of pyridine rings is 1. The highest BCUT2D eigenvalue weighted by Crippen LogP contribution is 2.36. The lowest BCUT2D eigenvalue weighted by atomic mass is 10.0. The molecule has 0 radical (unpaired) electrons. The molecule has 0 saturated carbocycles. The maximum absolute atomic E-state index is 13.0. The van der Waals surface area contributed by atoms with Crippen molar-refractivity contribution >= 4 is 30.2 Å².